The van der Waals surface area contributed by atoms with Gasteiger partial charge in [-0.1, -0.05) is 61.0 Å². The van der Waals surface area contributed by atoms with E-state index in [2.05, 4.69) is 49.3 Å². The number of thioether (sulfide) groups is 1. The van der Waals surface area contributed by atoms with E-state index in [1.807, 2.05) is 29.2 Å². The number of para-hydroxylation sites is 1. The molecule has 0 radical (unpaired) electrons. The Morgan fingerprint density at radius 2 is 1.97 bits per heavy atom. The molecule has 0 saturated heterocycles. The van der Waals surface area contributed by atoms with Gasteiger partial charge in [-0.2, -0.15) is 4.99 Å². The van der Waals surface area contributed by atoms with Crippen LogP contribution in [0.25, 0.3) is 0 Å². The molecule has 172 valence electrons. The molecule has 2 aliphatic heterocycles. The van der Waals surface area contributed by atoms with Crippen LogP contribution in [-0.2, 0) is 15.3 Å². The number of carbonyl (C=O) groups excluding carboxylic acids is 2. The highest BCUT2D eigenvalue weighted by atomic mass is 32.2. The van der Waals surface area contributed by atoms with Gasteiger partial charge >= 0.3 is 0 Å². The topological polar surface area (TPSA) is 74.1 Å². The number of fused-ring (bicyclic) bond motifs is 3. The first-order valence-corrected chi connectivity index (χ1v) is 12.5. The quantitative estimate of drug-likeness (QED) is 0.567. The number of nitrogens with one attached hydrogen (secondary N) is 1. The molecule has 2 aliphatic rings. The summed E-state index contributed by atoms with van der Waals surface area (Å²) in [6.07, 6.45) is 2.69. The lowest BCUT2D eigenvalue weighted by Crippen LogP contribution is -2.44. The third kappa shape index (κ3) is 5.19. The van der Waals surface area contributed by atoms with Crippen molar-refractivity contribution in [2.75, 3.05) is 6.54 Å². The molecule has 2 aromatic carbocycles. The van der Waals surface area contributed by atoms with Gasteiger partial charge in [-0.15, -0.1) is 0 Å². The van der Waals surface area contributed by atoms with Gasteiger partial charge in [-0.3, -0.25) is 14.5 Å². The Balaban J connectivity index is 1.55. The number of rotatable bonds is 8. The van der Waals surface area contributed by atoms with Crippen LogP contribution in [0.15, 0.2) is 52.4 Å². The molecule has 4 rings (SSSR count). The average molecular weight is 463 g/mol. The predicted molar refractivity (Wildman–Crippen MR) is 135 cm³/mol. The van der Waals surface area contributed by atoms with Crippen LogP contribution in [-0.4, -0.2) is 40.3 Å². The molecule has 0 bridgehead atoms. The van der Waals surface area contributed by atoms with Crippen molar-refractivity contribution in [1.29, 1.82) is 0 Å². The van der Waals surface area contributed by atoms with Crippen LogP contribution in [0.5, 0.6) is 0 Å². The van der Waals surface area contributed by atoms with Crippen LogP contribution in [0.2, 0.25) is 0 Å². The van der Waals surface area contributed by atoms with Crippen molar-refractivity contribution in [3.8, 4) is 0 Å². The molecule has 0 fully saturated rings. The standard InChI is InChI=1S/C26H30N4O2S/c1-4-5-14-27-23(31)13-12-22-25(32)29-24-20-8-6-7-9-21(20)28-26(30(22)24)33-16-19-11-10-17(2)15-18(19)3/h6-11,15,22H,4-5,12-14,16H2,1-3H3,(H,27,31). The Hall–Kier alpha value is -2.93. The Kier molecular flexibility index (Phi) is 7.28. The molecule has 1 atom stereocenters. The molecule has 0 spiro atoms. The second kappa shape index (κ2) is 10.3. The monoisotopic (exact) mass is 462 g/mol. The molecular formula is C26H30N4O2S. The molecule has 0 saturated carbocycles. The smallest absolute Gasteiger partial charge is 0.270 e. The highest BCUT2D eigenvalue weighted by molar-refractivity contribution is 8.13. The van der Waals surface area contributed by atoms with Crippen LogP contribution in [0.1, 0.15) is 54.9 Å². The fraction of sp³-hybridized carbons (Fsp3) is 0.385. The van der Waals surface area contributed by atoms with Gasteiger partial charge in [0, 0.05) is 24.3 Å². The van der Waals surface area contributed by atoms with Crippen molar-refractivity contribution in [3.05, 3.63) is 64.7 Å². The maximum Gasteiger partial charge on any atom is 0.270 e. The summed E-state index contributed by atoms with van der Waals surface area (Å²) in [6.45, 7) is 6.97. The zero-order chi connectivity index (χ0) is 23.4. The molecular weight excluding hydrogens is 432 g/mol. The van der Waals surface area contributed by atoms with Gasteiger partial charge in [-0.05, 0) is 49.9 Å². The first-order valence-electron chi connectivity index (χ1n) is 11.5. The molecule has 2 heterocycles. The molecule has 1 unspecified atom stereocenters. The van der Waals surface area contributed by atoms with E-state index in [0.29, 0.717) is 18.8 Å². The van der Waals surface area contributed by atoms with E-state index in [1.165, 1.54) is 16.7 Å². The van der Waals surface area contributed by atoms with Crippen molar-refractivity contribution < 1.29 is 9.59 Å². The fourth-order valence-electron chi connectivity index (χ4n) is 4.09. The van der Waals surface area contributed by atoms with Gasteiger partial charge < -0.3 is 5.32 Å². The fourth-order valence-corrected chi connectivity index (χ4v) is 5.21. The Labute approximate surface area is 199 Å². The summed E-state index contributed by atoms with van der Waals surface area (Å²) < 4.78 is 0. The number of hydrogen-bond donors (Lipinski definition) is 1. The minimum absolute atomic E-state index is 0.0245. The minimum atomic E-state index is -0.504. The SMILES string of the molecule is CCCCNC(=O)CCC1C(=O)N=C2c3ccccc3N=C(SCc3ccc(C)cc3C)N21. The van der Waals surface area contributed by atoms with E-state index in [-0.39, 0.29) is 18.2 Å². The molecule has 2 aromatic rings. The Morgan fingerprint density at radius 1 is 1.15 bits per heavy atom. The number of carbonyl (C=O) groups is 2. The molecule has 1 N–H and O–H groups in total. The maximum atomic E-state index is 12.9. The summed E-state index contributed by atoms with van der Waals surface area (Å²) in [7, 11) is 0. The van der Waals surface area contributed by atoms with Gasteiger partial charge in [0.1, 0.15) is 11.9 Å². The van der Waals surface area contributed by atoms with Crippen LogP contribution in [0, 0.1) is 13.8 Å². The second-order valence-electron chi connectivity index (χ2n) is 8.53. The van der Waals surface area contributed by atoms with Crippen LogP contribution >= 0.6 is 11.8 Å². The van der Waals surface area contributed by atoms with Gasteiger partial charge in [0.05, 0.1) is 5.69 Å². The normalized spacial score (nSPS) is 16.8. The Bertz CT molecular complexity index is 1130. The predicted octanol–water partition coefficient (Wildman–Crippen LogP) is 4.89. The summed E-state index contributed by atoms with van der Waals surface area (Å²) in [5, 5.41) is 3.70. The molecule has 6 nitrogen and oxygen atoms in total. The largest absolute Gasteiger partial charge is 0.356 e. The zero-order valence-electron chi connectivity index (χ0n) is 19.4. The first kappa shape index (κ1) is 23.2. The summed E-state index contributed by atoms with van der Waals surface area (Å²) in [5.74, 6) is 1.16. The van der Waals surface area contributed by atoms with Crippen molar-refractivity contribution >= 4 is 40.3 Å². The number of hydrogen-bond acceptors (Lipinski definition) is 5. The van der Waals surface area contributed by atoms with E-state index in [9.17, 15) is 9.59 Å². The molecule has 7 heteroatoms. The average Bonchev–Trinajstić information content (AvgIpc) is 3.13. The van der Waals surface area contributed by atoms with E-state index in [0.717, 1.165) is 35.0 Å². The number of nitrogens with zero attached hydrogens (tertiary/aromatic N) is 3. The van der Waals surface area contributed by atoms with Gasteiger partial charge in [0.15, 0.2) is 5.17 Å². The molecule has 2 amide bonds. The molecule has 0 aliphatic carbocycles. The highest BCUT2D eigenvalue weighted by Crippen LogP contribution is 2.36. The second-order valence-corrected chi connectivity index (χ2v) is 9.47. The Morgan fingerprint density at radius 3 is 2.76 bits per heavy atom. The summed E-state index contributed by atoms with van der Waals surface area (Å²) in [6, 6.07) is 13.7. The summed E-state index contributed by atoms with van der Waals surface area (Å²) in [4.78, 5) is 36.4. The third-order valence-corrected chi connectivity index (χ3v) is 6.96. The van der Waals surface area contributed by atoms with Gasteiger partial charge in [0.2, 0.25) is 5.91 Å². The first-order chi connectivity index (χ1) is 16.0. The summed E-state index contributed by atoms with van der Waals surface area (Å²) >= 11 is 1.61. The van der Waals surface area contributed by atoms with Crippen LogP contribution in [0.4, 0.5) is 5.69 Å². The third-order valence-electron chi connectivity index (χ3n) is 5.96. The highest BCUT2D eigenvalue weighted by Gasteiger charge is 2.41. The number of aliphatic imine (C=N–C) groups is 2. The van der Waals surface area contributed by atoms with E-state index < -0.39 is 6.04 Å². The van der Waals surface area contributed by atoms with Crippen LogP contribution < -0.4 is 5.32 Å². The number of benzene rings is 2. The number of aryl methyl sites for hydroxylation is 2. The number of amides is 2. The maximum absolute atomic E-state index is 12.9. The lowest BCUT2D eigenvalue weighted by Gasteiger charge is -2.31. The summed E-state index contributed by atoms with van der Waals surface area (Å²) in [5.41, 5.74) is 5.40. The lowest BCUT2D eigenvalue weighted by atomic mass is 10.1. The number of unbranched alkanes of at least 4 members (excludes halogenated alkanes) is 1. The minimum Gasteiger partial charge on any atom is -0.356 e. The number of amidine groups is 2. The molecule has 0 aromatic heterocycles. The van der Waals surface area contributed by atoms with Crippen LogP contribution in [0.3, 0.4) is 0 Å². The van der Waals surface area contributed by atoms with E-state index in [4.69, 9.17) is 4.99 Å². The van der Waals surface area contributed by atoms with Gasteiger partial charge in [0.25, 0.3) is 5.91 Å². The zero-order valence-corrected chi connectivity index (χ0v) is 20.2. The molecule has 33 heavy (non-hydrogen) atoms. The van der Waals surface area contributed by atoms with E-state index in [1.54, 1.807) is 11.8 Å². The van der Waals surface area contributed by atoms with Crippen molar-refractivity contribution in [2.24, 2.45) is 9.98 Å². The van der Waals surface area contributed by atoms with E-state index >= 15 is 0 Å². The van der Waals surface area contributed by atoms with Crippen molar-refractivity contribution in [2.45, 2.75) is 58.2 Å². The van der Waals surface area contributed by atoms with Crippen molar-refractivity contribution in [1.82, 2.24) is 10.2 Å². The lowest BCUT2D eigenvalue weighted by molar-refractivity contribution is -0.122. The van der Waals surface area contributed by atoms with Crippen molar-refractivity contribution in [3.63, 3.8) is 0 Å². The van der Waals surface area contributed by atoms with Gasteiger partial charge in [-0.25, -0.2) is 4.99 Å².